The van der Waals surface area contributed by atoms with Gasteiger partial charge in [-0.15, -0.1) is 0 Å². The fraction of sp³-hybridized carbons (Fsp3) is 0.538. The van der Waals surface area contributed by atoms with Gasteiger partial charge in [0.2, 0.25) is 0 Å². The molecule has 0 aliphatic rings. The molecule has 15 heavy (non-hydrogen) atoms. The van der Waals surface area contributed by atoms with Crippen molar-refractivity contribution in [3.63, 3.8) is 0 Å². The molecular formula is C13H20FN. The molecule has 1 unspecified atom stereocenters. The minimum Gasteiger partial charge on any atom is -0.316 e. The van der Waals surface area contributed by atoms with E-state index in [0.717, 1.165) is 5.56 Å². The molecule has 1 atom stereocenters. The Morgan fingerprint density at radius 2 is 1.80 bits per heavy atom. The Hall–Kier alpha value is -0.890. The van der Waals surface area contributed by atoms with Gasteiger partial charge >= 0.3 is 0 Å². The zero-order chi connectivity index (χ0) is 11.5. The molecule has 0 saturated heterocycles. The maximum atomic E-state index is 14.1. The molecule has 0 aliphatic carbocycles. The summed E-state index contributed by atoms with van der Waals surface area (Å²) in [6.45, 7) is 6.22. The molecule has 0 saturated carbocycles. The number of benzene rings is 1. The van der Waals surface area contributed by atoms with Crippen LogP contribution in [0.15, 0.2) is 24.3 Å². The molecule has 1 aromatic rings. The first-order chi connectivity index (χ1) is 6.97. The molecule has 0 fully saturated rings. The predicted octanol–water partition coefficient (Wildman–Crippen LogP) is 3.21. The van der Waals surface area contributed by atoms with Crippen LogP contribution < -0.4 is 5.32 Å². The highest BCUT2D eigenvalue weighted by atomic mass is 19.1. The van der Waals surface area contributed by atoms with Gasteiger partial charge in [-0.25, -0.2) is 4.39 Å². The molecule has 0 bridgehead atoms. The number of halogens is 1. The van der Waals surface area contributed by atoms with Gasteiger partial charge in [-0.3, -0.25) is 0 Å². The third-order valence-corrected chi connectivity index (χ3v) is 2.69. The first-order valence-corrected chi connectivity index (χ1v) is 5.41. The van der Waals surface area contributed by atoms with Crippen molar-refractivity contribution in [3.05, 3.63) is 35.4 Å². The van der Waals surface area contributed by atoms with Crippen LogP contribution in [0.3, 0.4) is 0 Å². The maximum absolute atomic E-state index is 14.1. The van der Waals surface area contributed by atoms with E-state index < -0.39 is 5.67 Å². The van der Waals surface area contributed by atoms with Crippen LogP contribution in [0.25, 0.3) is 0 Å². The lowest BCUT2D eigenvalue weighted by Gasteiger charge is -2.21. The molecule has 1 aromatic carbocycles. The van der Waals surface area contributed by atoms with Crippen molar-refractivity contribution in [2.24, 2.45) is 0 Å². The van der Waals surface area contributed by atoms with E-state index in [0.29, 0.717) is 12.5 Å². The third-order valence-electron chi connectivity index (χ3n) is 2.69. The molecular weight excluding hydrogens is 189 g/mol. The standard InChI is InChI=1S/C13H20FN/c1-10(2)11-5-7-12(8-6-11)13(3,14)9-15-4/h5-8,10,15H,9H2,1-4H3. The van der Waals surface area contributed by atoms with Crippen molar-refractivity contribution in [2.75, 3.05) is 13.6 Å². The number of hydrogen-bond acceptors (Lipinski definition) is 1. The van der Waals surface area contributed by atoms with E-state index in [9.17, 15) is 4.39 Å². The smallest absolute Gasteiger partial charge is 0.145 e. The van der Waals surface area contributed by atoms with Crippen LogP contribution in [0.1, 0.15) is 37.8 Å². The number of nitrogens with one attached hydrogen (secondary N) is 1. The Balaban J connectivity index is 2.88. The zero-order valence-corrected chi connectivity index (χ0v) is 9.97. The van der Waals surface area contributed by atoms with E-state index in [2.05, 4.69) is 19.2 Å². The second-order valence-corrected chi connectivity index (χ2v) is 4.50. The maximum Gasteiger partial charge on any atom is 0.145 e. The van der Waals surface area contributed by atoms with Crippen LogP contribution in [-0.4, -0.2) is 13.6 Å². The lowest BCUT2D eigenvalue weighted by molar-refractivity contribution is 0.191. The minimum absolute atomic E-state index is 0.341. The summed E-state index contributed by atoms with van der Waals surface area (Å²) < 4.78 is 14.1. The summed E-state index contributed by atoms with van der Waals surface area (Å²) in [6.07, 6.45) is 0. The van der Waals surface area contributed by atoms with Crippen molar-refractivity contribution < 1.29 is 4.39 Å². The highest BCUT2D eigenvalue weighted by molar-refractivity contribution is 5.28. The van der Waals surface area contributed by atoms with Crippen LogP contribution in [-0.2, 0) is 5.67 Å². The fourth-order valence-corrected chi connectivity index (χ4v) is 1.65. The molecule has 1 nitrogen and oxygen atoms in total. The first kappa shape index (κ1) is 12.2. The molecule has 0 amide bonds. The molecule has 1 rings (SSSR count). The van der Waals surface area contributed by atoms with Gasteiger partial charge in [0.15, 0.2) is 0 Å². The summed E-state index contributed by atoms with van der Waals surface area (Å²) in [5.41, 5.74) is 0.699. The zero-order valence-electron chi connectivity index (χ0n) is 9.97. The minimum atomic E-state index is -1.29. The second-order valence-electron chi connectivity index (χ2n) is 4.50. The topological polar surface area (TPSA) is 12.0 Å². The molecule has 84 valence electrons. The van der Waals surface area contributed by atoms with Crippen LogP contribution >= 0.6 is 0 Å². The number of likely N-dealkylation sites (N-methyl/N-ethyl adjacent to an activating group) is 1. The van der Waals surface area contributed by atoms with Gasteiger partial charge < -0.3 is 5.32 Å². The van der Waals surface area contributed by atoms with E-state index in [-0.39, 0.29) is 0 Å². The summed E-state index contributed by atoms with van der Waals surface area (Å²) in [5.74, 6) is 0.495. The third kappa shape index (κ3) is 3.03. The Labute approximate surface area is 91.7 Å². The molecule has 0 radical (unpaired) electrons. The van der Waals surface area contributed by atoms with Crippen LogP contribution in [0.4, 0.5) is 4.39 Å². The van der Waals surface area contributed by atoms with Crippen molar-refractivity contribution in [3.8, 4) is 0 Å². The summed E-state index contributed by atoms with van der Waals surface area (Å²) in [6, 6.07) is 7.78. The fourth-order valence-electron chi connectivity index (χ4n) is 1.65. The van der Waals surface area contributed by atoms with Gasteiger partial charge in [-0.05, 0) is 31.0 Å². The van der Waals surface area contributed by atoms with Gasteiger partial charge in [-0.1, -0.05) is 38.1 Å². The summed E-state index contributed by atoms with van der Waals surface area (Å²) in [7, 11) is 1.76. The van der Waals surface area contributed by atoms with Crippen LogP contribution in [0.5, 0.6) is 0 Å². The van der Waals surface area contributed by atoms with Gasteiger partial charge in [0.25, 0.3) is 0 Å². The number of alkyl halides is 1. The molecule has 0 heterocycles. The van der Waals surface area contributed by atoms with Gasteiger partial charge in [-0.2, -0.15) is 0 Å². The summed E-state index contributed by atoms with van der Waals surface area (Å²) in [4.78, 5) is 0. The van der Waals surface area contributed by atoms with E-state index in [4.69, 9.17) is 0 Å². The van der Waals surface area contributed by atoms with Crippen LogP contribution in [0.2, 0.25) is 0 Å². The Kier molecular flexibility index (Phi) is 3.86. The highest BCUT2D eigenvalue weighted by Gasteiger charge is 2.24. The van der Waals surface area contributed by atoms with Crippen molar-refractivity contribution in [1.82, 2.24) is 5.32 Å². The molecule has 0 aromatic heterocycles. The first-order valence-electron chi connectivity index (χ1n) is 5.41. The number of rotatable bonds is 4. The van der Waals surface area contributed by atoms with Gasteiger partial charge in [0.05, 0.1) is 0 Å². The lowest BCUT2D eigenvalue weighted by Crippen LogP contribution is -2.29. The lowest BCUT2D eigenvalue weighted by atomic mass is 9.94. The Morgan fingerprint density at radius 1 is 1.27 bits per heavy atom. The van der Waals surface area contributed by atoms with Crippen molar-refractivity contribution in [1.29, 1.82) is 0 Å². The monoisotopic (exact) mass is 209 g/mol. The van der Waals surface area contributed by atoms with Gasteiger partial charge in [0.1, 0.15) is 5.67 Å². The molecule has 2 heteroatoms. The highest BCUT2D eigenvalue weighted by Crippen LogP contribution is 2.26. The Bertz CT molecular complexity index is 301. The molecule has 1 N–H and O–H groups in total. The average Bonchev–Trinajstić information content (AvgIpc) is 2.18. The van der Waals surface area contributed by atoms with Crippen molar-refractivity contribution >= 4 is 0 Å². The van der Waals surface area contributed by atoms with Crippen LogP contribution in [0, 0.1) is 0 Å². The van der Waals surface area contributed by atoms with E-state index in [1.54, 1.807) is 14.0 Å². The quantitative estimate of drug-likeness (QED) is 0.803. The largest absolute Gasteiger partial charge is 0.316 e. The van der Waals surface area contributed by atoms with E-state index >= 15 is 0 Å². The molecule has 0 spiro atoms. The summed E-state index contributed by atoms with van der Waals surface area (Å²) in [5, 5.41) is 2.87. The van der Waals surface area contributed by atoms with Crippen molar-refractivity contribution in [2.45, 2.75) is 32.4 Å². The van der Waals surface area contributed by atoms with E-state index in [1.807, 2.05) is 24.3 Å². The average molecular weight is 209 g/mol. The summed E-state index contributed by atoms with van der Waals surface area (Å²) >= 11 is 0. The van der Waals surface area contributed by atoms with E-state index in [1.165, 1.54) is 5.56 Å². The SMILES string of the molecule is CNCC(C)(F)c1ccc(C(C)C)cc1. The normalized spacial score (nSPS) is 15.3. The molecule has 0 aliphatic heterocycles. The Morgan fingerprint density at radius 3 is 2.20 bits per heavy atom. The van der Waals surface area contributed by atoms with Gasteiger partial charge in [0, 0.05) is 6.54 Å². The second kappa shape index (κ2) is 4.75. The predicted molar refractivity (Wildman–Crippen MR) is 62.9 cm³/mol. The number of hydrogen-bond donors (Lipinski definition) is 1.